The van der Waals surface area contributed by atoms with E-state index in [4.69, 9.17) is 5.11 Å². The SMILES string of the molecule is OCCCCNC1C=CCCC1. The number of unbranched alkanes of at least 4 members (excludes halogenated alkanes) is 1. The van der Waals surface area contributed by atoms with E-state index in [2.05, 4.69) is 17.5 Å². The van der Waals surface area contributed by atoms with E-state index < -0.39 is 0 Å². The molecule has 1 atom stereocenters. The lowest BCUT2D eigenvalue weighted by Crippen LogP contribution is -2.29. The van der Waals surface area contributed by atoms with Crippen molar-refractivity contribution in [3.8, 4) is 0 Å². The van der Waals surface area contributed by atoms with Gasteiger partial charge in [-0.1, -0.05) is 12.2 Å². The molecule has 0 amide bonds. The van der Waals surface area contributed by atoms with Crippen molar-refractivity contribution in [1.29, 1.82) is 0 Å². The summed E-state index contributed by atoms with van der Waals surface area (Å²) in [6.45, 7) is 1.36. The fourth-order valence-electron chi connectivity index (χ4n) is 1.51. The Morgan fingerprint density at radius 1 is 1.42 bits per heavy atom. The second-order valence-electron chi connectivity index (χ2n) is 3.35. The van der Waals surface area contributed by atoms with E-state index in [9.17, 15) is 0 Å². The minimum Gasteiger partial charge on any atom is -0.396 e. The maximum Gasteiger partial charge on any atom is 0.0431 e. The molecule has 1 aliphatic carbocycles. The second-order valence-corrected chi connectivity index (χ2v) is 3.35. The Bertz CT molecular complexity index is 134. The number of nitrogens with one attached hydrogen (secondary N) is 1. The van der Waals surface area contributed by atoms with Crippen LogP contribution in [0.2, 0.25) is 0 Å². The van der Waals surface area contributed by atoms with Crippen molar-refractivity contribution in [2.45, 2.75) is 38.1 Å². The molecule has 2 N–H and O–H groups in total. The lowest BCUT2D eigenvalue weighted by molar-refractivity contribution is 0.283. The fraction of sp³-hybridized carbons (Fsp3) is 0.800. The summed E-state index contributed by atoms with van der Waals surface area (Å²) in [5.74, 6) is 0. The molecular weight excluding hydrogens is 150 g/mol. The molecule has 0 aromatic heterocycles. The van der Waals surface area contributed by atoms with Crippen molar-refractivity contribution in [1.82, 2.24) is 5.32 Å². The van der Waals surface area contributed by atoms with Gasteiger partial charge < -0.3 is 10.4 Å². The molecule has 0 aliphatic heterocycles. The van der Waals surface area contributed by atoms with Gasteiger partial charge in [0.05, 0.1) is 0 Å². The lowest BCUT2D eigenvalue weighted by Gasteiger charge is -2.17. The van der Waals surface area contributed by atoms with Crippen LogP contribution >= 0.6 is 0 Å². The molecule has 12 heavy (non-hydrogen) atoms. The van der Waals surface area contributed by atoms with Crippen LogP contribution in [-0.2, 0) is 0 Å². The maximum atomic E-state index is 8.56. The van der Waals surface area contributed by atoms with Gasteiger partial charge in [0, 0.05) is 12.6 Å². The molecular formula is C10H19NO. The van der Waals surface area contributed by atoms with Crippen molar-refractivity contribution in [3.05, 3.63) is 12.2 Å². The smallest absolute Gasteiger partial charge is 0.0431 e. The summed E-state index contributed by atoms with van der Waals surface area (Å²) in [6.07, 6.45) is 10.4. The van der Waals surface area contributed by atoms with Gasteiger partial charge in [-0.25, -0.2) is 0 Å². The highest BCUT2D eigenvalue weighted by Crippen LogP contribution is 2.09. The number of rotatable bonds is 5. The van der Waals surface area contributed by atoms with Crippen molar-refractivity contribution < 1.29 is 5.11 Å². The zero-order valence-corrected chi connectivity index (χ0v) is 7.63. The Morgan fingerprint density at radius 3 is 3.00 bits per heavy atom. The van der Waals surface area contributed by atoms with Gasteiger partial charge in [0.15, 0.2) is 0 Å². The summed E-state index contributed by atoms with van der Waals surface area (Å²) in [5, 5.41) is 12.0. The molecule has 0 aromatic carbocycles. The molecule has 0 bridgehead atoms. The van der Waals surface area contributed by atoms with Gasteiger partial charge >= 0.3 is 0 Å². The van der Waals surface area contributed by atoms with E-state index in [0.29, 0.717) is 12.6 Å². The molecule has 0 saturated heterocycles. The van der Waals surface area contributed by atoms with Gasteiger partial charge in [-0.2, -0.15) is 0 Å². The Labute approximate surface area is 74.7 Å². The fourth-order valence-corrected chi connectivity index (χ4v) is 1.51. The molecule has 0 radical (unpaired) electrons. The van der Waals surface area contributed by atoms with Crippen LogP contribution in [0.3, 0.4) is 0 Å². The minimum absolute atomic E-state index is 0.322. The van der Waals surface area contributed by atoms with Gasteiger partial charge in [0.1, 0.15) is 0 Å². The molecule has 2 heteroatoms. The van der Waals surface area contributed by atoms with Crippen molar-refractivity contribution in [3.63, 3.8) is 0 Å². The van der Waals surface area contributed by atoms with Crippen LogP contribution in [0, 0.1) is 0 Å². The van der Waals surface area contributed by atoms with E-state index in [0.717, 1.165) is 19.4 Å². The van der Waals surface area contributed by atoms with Crippen LogP contribution in [0.25, 0.3) is 0 Å². The standard InChI is InChI=1S/C10H19NO/c12-9-5-4-8-11-10-6-2-1-3-7-10/h2,6,10-12H,1,3-5,7-9H2. The normalized spacial score (nSPS) is 22.9. The lowest BCUT2D eigenvalue weighted by atomic mass is 10.0. The van der Waals surface area contributed by atoms with Crippen molar-refractivity contribution in [2.24, 2.45) is 0 Å². The van der Waals surface area contributed by atoms with E-state index >= 15 is 0 Å². The zero-order chi connectivity index (χ0) is 8.65. The van der Waals surface area contributed by atoms with E-state index in [-0.39, 0.29) is 0 Å². The summed E-state index contributed by atoms with van der Waals surface area (Å²) in [5.41, 5.74) is 0. The molecule has 1 unspecified atom stereocenters. The first kappa shape index (κ1) is 9.75. The van der Waals surface area contributed by atoms with Crippen LogP contribution in [0.15, 0.2) is 12.2 Å². The Kier molecular flexibility index (Phi) is 5.04. The highest BCUT2D eigenvalue weighted by molar-refractivity contribution is 4.97. The first-order chi connectivity index (χ1) is 5.93. The molecule has 0 aromatic rings. The quantitative estimate of drug-likeness (QED) is 0.482. The van der Waals surface area contributed by atoms with Crippen LogP contribution in [0.4, 0.5) is 0 Å². The van der Waals surface area contributed by atoms with Crippen LogP contribution in [0.1, 0.15) is 32.1 Å². The van der Waals surface area contributed by atoms with E-state index in [1.165, 1.54) is 19.3 Å². The predicted octanol–water partition coefficient (Wildman–Crippen LogP) is 1.46. The van der Waals surface area contributed by atoms with Gasteiger partial charge in [-0.05, 0) is 38.6 Å². The molecule has 2 nitrogen and oxygen atoms in total. The minimum atomic E-state index is 0.322. The predicted molar refractivity (Wildman–Crippen MR) is 51.1 cm³/mol. The van der Waals surface area contributed by atoms with Crippen molar-refractivity contribution in [2.75, 3.05) is 13.2 Å². The Balaban J connectivity index is 1.98. The third-order valence-corrected chi connectivity index (χ3v) is 2.25. The van der Waals surface area contributed by atoms with Gasteiger partial charge in [0.25, 0.3) is 0 Å². The summed E-state index contributed by atoms with van der Waals surface area (Å²) in [7, 11) is 0. The third kappa shape index (κ3) is 3.88. The summed E-state index contributed by atoms with van der Waals surface area (Å²) in [4.78, 5) is 0. The summed E-state index contributed by atoms with van der Waals surface area (Å²) >= 11 is 0. The van der Waals surface area contributed by atoms with Gasteiger partial charge in [-0.15, -0.1) is 0 Å². The van der Waals surface area contributed by atoms with Gasteiger partial charge in [-0.3, -0.25) is 0 Å². The molecule has 0 spiro atoms. The average molecular weight is 169 g/mol. The maximum absolute atomic E-state index is 8.56. The van der Waals surface area contributed by atoms with E-state index in [1.807, 2.05) is 0 Å². The molecule has 70 valence electrons. The van der Waals surface area contributed by atoms with Crippen LogP contribution < -0.4 is 5.32 Å². The second kappa shape index (κ2) is 6.21. The summed E-state index contributed by atoms with van der Waals surface area (Å²) in [6, 6.07) is 0.595. The molecule has 0 fully saturated rings. The average Bonchev–Trinajstić information content (AvgIpc) is 2.14. The molecule has 0 heterocycles. The highest BCUT2D eigenvalue weighted by atomic mass is 16.2. The number of hydrogen-bond donors (Lipinski definition) is 2. The van der Waals surface area contributed by atoms with Crippen LogP contribution in [-0.4, -0.2) is 24.3 Å². The first-order valence-electron chi connectivity index (χ1n) is 4.94. The van der Waals surface area contributed by atoms with Crippen LogP contribution in [0.5, 0.6) is 0 Å². The highest BCUT2D eigenvalue weighted by Gasteiger charge is 2.05. The largest absolute Gasteiger partial charge is 0.396 e. The zero-order valence-electron chi connectivity index (χ0n) is 7.63. The van der Waals surface area contributed by atoms with Gasteiger partial charge in [0.2, 0.25) is 0 Å². The molecule has 1 aliphatic rings. The van der Waals surface area contributed by atoms with E-state index in [1.54, 1.807) is 0 Å². The number of aliphatic hydroxyl groups is 1. The molecule has 0 saturated carbocycles. The van der Waals surface area contributed by atoms with Crippen molar-refractivity contribution >= 4 is 0 Å². The number of aliphatic hydroxyl groups excluding tert-OH is 1. The topological polar surface area (TPSA) is 32.3 Å². The molecule has 1 rings (SSSR count). The third-order valence-electron chi connectivity index (χ3n) is 2.25. The number of allylic oxidation sites excluding steroid dienone is 1. The first-order valence-corrected chi connectivity index (χ1v) is 4.94. The number of hydrogen-bond acceptors (Lipinski definition) is 2. The summed E-state index contributed by atoms with van der Waals surface area (Å²) < 4.78 is 0. The Morgan fingerprint density at radius 2 is 2.33 bits per heavy atom. The Hall–Kier alpha value is -0.340. The monoisotopic (exact) mass is 169 g/mol.